The standard InChI is InChI=1S/C12H16N4OS/c1-9(2)16-12(13-14-15-16)18-8-10-5-4-6-11(7-10)17-3/h4-7,9H,8H2,1-3H3. The number of methoxy groups -OCH3 is 1. The lowest BCUT2D eigenvalue weighted by Gasteiger charge is -2.07. The molecule has 6 heteroatoms. The summed E-state index contributed by atoms with van der Waals surface area (Å²) >= 11 is 1.63. The molecule has 0 aliphatic carbocycles. The summed E-state index contributed by atoms with van der Waals surface area (Å²) in [4.78, 5) is 0. The Kier molecular flexibility index (Phi) is 4.19. The summed E-state index contributed by atoms with van der Waals surface area (Å²) in [6.07, 6.45) is 0. The van der Waals surface area contributed by atoms with E-state index in [1.54, 1.807) is 18.9 Å². The molecule has 0 saturated heterocycles. The fourth-order valence-electron chi connectivity index (χ4n) is 1.51. The van der Waals surface area contributed by atoms with Crippen LogP contribution in [-0.4, -0.2) is 27.3 Å². The predicted molar refractivity (Wildman–Crippen MR) is 70.8 cm³/mol. The van der Waals surface area contributed by atoms with Crippen LogP contribution in [0, 0.1) is 0 Å². The lowest BCUT2D eigenvalue weighted by atomic mass is 10.2. The Morgan fingerprint density at radius 3 is 2.94 bits per heavy atom. The lowest BCUT2D eigenvalue weighted by molar-refractivity contribution is 0.414. The van der Waals surface area contributed by atoms with Crippen LogP contribution in [0.4, 0.5) is 0 Å². The van der Waals surface area contributed by atoms with Crippen LogP contribution in [0.5, 0.6) is 5.75 Å². The van der Waals surface area contributed by atoms with Crippen LogP contribution in [0.25, 0.3) is 0 Å². The molecule has 0 aliphatic rings. The average Bonchev–Trinajstić information content (AvgIpc) is 2.85. The Morgan fingerprint density at radius 2 is 2.22 bits per heavy atom. The minimum Gasteiger partial charge on any atom is -0.497 e. The van der Waals surface area contributed by atoms with Crippen LogP contribution < -0.4 is 4.74 Å². The number of tetrazole rings is 1. The highest BCUT2D eigenvalue weighted by Crippen LogP contribution is 2.23. The van der Waals surface area contributed by atoms with Crippen molar-refractivity contribution in [3.05, 3.63) is 29.8 Å². The van der Waals surface area contributed by atoms with Crippen molar-refractivity contribution >= 4 is 11.8 Å². The molecule has 0 radical (unpaired) electrons. The van der Waals surface area contributed by atoms with Crippen molar-refractivity contribution in [1.82, 2.24) is 20.2 Å². The van der Waals surface area contributed by atoms with E-state index in [2.05, 4.69) is 35.4 Å². The van der Waals surface area contributed by atoms with Gasteiger partial charge in [0, 0.05) is 5.75 Å². The summed E-state index contributed by atoms with van der Waals surface area (Å²) in [6.45, 7) is 4.12. The van der Waals surface area contributed by atoms with Gasteiger partial charge >= 0.3 is 0 Å². The number of rotatable bonds is 5. The van der Waals surface area contributed by atoms with E-state index in [0.29, 0.717) is 0 Å². The second-order valence-corrected chi connectivity index (χ2v) is 5.08. The number of benzene rings is 1. The van der Waals surface area contributed by atoms with Crippen LogP contribution in [0.2, 0.25) is 0 Å². The second kappa shape index (κ2) is 5.86. The number of nitrogens with zero attached hydrogens (tertiary/aromatic N) is 4. The van der Waals surface area contributed by atoms with Gasteiger partial charge in [0.15, 0.2) is 0 Å². The molecule has 0 unspecified atom stereocenters. The third kappa shape index (κ3) is 3.01. The highest BCUT2D eigenvalue weighted by atomic mass is 32.2. The number of hydrogen-bond acceptors (Lipinski definition) is 5. The molecule has 18 heavy (non-hydrogen) atoms. The molecule has 0 spiro atoms. The first-order valence-corrected chi connectivity index (χ1v) is 6.73. The van der Waals surface area contributed by atoms with Crippen molar-refractivity contribution in [3.63, 3.8) is 0 Å². The van der Waals surface area contributed by atoms with Gasteiger partial charge in [-0.25, -0.2) is 4.68 Å². The van der Waals surface area contributed by atoms with Crippen LogP contribution in [0.3, 0.4) is 0 Å². The third-order valence-electron chi connectivity index (χ3n) is 2.45. The third-order valence-corrected chi connectivity index (χ3v) is 3.46. The molecule has 1 heterocycles. The lowest BCUT2D eigenvalue weighted by Crippen LogP contribution is -2.04. The molecule has 0 atom stereocenters. The van der Waals surface area contributed by atoms with Crippen LogP contribution >= 0.6 is 11.8 Å². The molecular weight excluding hydrogens is 248 g/mol. The molecule has 2 rings (SSSR count). The molecule has 5 nitrogen and oxygen atoms in total. The fourth-order valence-corrected chi connectivity index (χ4v) is 2.46. The molecule has 2 aromatic rings. The molecule has 0 saturated carbocycles. The molecule has 0 bridgehead atoms. The van der Waals surface area contributed by atoms with Crippen molar-refractivity contribution in [2.75, 3.05) is 7.11 Å². The number of thioether (sulfide) groups is 1. The monoisotopic (exact) mass is 264 g/mol. The minimum absolute atomic E-state index is 0.271. The van der Waals surface area contributed by atoms with Gasteiger partial charge in [-0.1, -0.05) is 23.9 Å². The molecule has 0 fully saturated rings. The van der Waals surface area contributed by atoms with Crippen LogP contribution in [-0.2, 0) is 5.75 Å². The Balaban J connectivity index is 2.04. The summed E-state index contributed by atoms with van der Waals surface area (Å²) in [6, 6.07) is 8.29. The van der Waals surface area contributed by atoms with Gasteiger partial charge < -0.3 is 4.74 Å². The highest BCUT2D eigenvalue weighted by molar-refractivity contribution is 7.98. The molecule has 96 valence electrons. The van der Waals surface area contributed by atoms with Crippen LogP contribution in [0.1, 0.15) is 25.5 Å². The first-order valence-electron chi connectivity index (χ1n) is 5.74. The Bertz CT molecular complexity index is 512. The fraction of sp³-hybridized carbons (Fsp3) is 0.417. The van der Waals surface area contributed by atoms with Gasteiger partial charge in [0.05, 0.1) is 13.2 Å². The van der Waals surface area contributed by atoms with Gasteiger partial charge in [0.2, 0.25) is 5.16 Å². The van der Waals surface area contributed by atoms with E-state index < -0.39 is 0 Å². The van der Waals surface area contributed by atoms with E-state index in [9.17, 15) is 0 Å². The Labute approximate surface area is 111 Å². The smallest absolute Gasteiger partial charge is 0.209 e. The average molecular weight is 264 g/mol. The Hall–Kier alpha value is -1.56. The summed E-state index contributed by atoms with van der Waals surface area (Å²) < 4.78 is 7.02. The van der Waals surface area contributed by atoms with Gasteiger partial charge in [-0.3, -0.25) is 0 Å². The molecule has 1 aromatic carbocycles. The Morgan fingerprint density at radius 1 is 1.39 bits per heavy atom. The molecule has 1 aromatic heterocycles. The topological polar surface area (TPSA) is 52.8 Å². The molecular formula is C12H16N4OS. The predicted octanol–water partition coefficient (Wildman–Crippen LogP) is 2.55. The van der Waals surface area contributed by atoms with Crippen LogP contribution in [0.15, 0.2) is 29.4 Å². The van der Waals surface area contributed by atoms with Gasteiger partial charge in [0.1, 0.15) is 5.75 Å². The summed E-state index contributed by atoms with van der Waals surface area (Å²) in [5, 5.41) is 12.5. The maximum Gasteiger partial charge on any atom is 0.209 e. The van der Waals surface area contributed by atoms with E-state index in [1.807, 2.05) is 22.9 Å². The zero-order valence-electron chi connectivity index (χ0n) is 10.7. The van der Waals surface area contributed by atoms with E-state index in [-0.39, 0.29) is 6.04 Å². The van der Waals surface area contributed by atoms with Gasteiger partial charge in [0.25, 0.3) is 0 Å². The maximum atomic E-state index is 5.20. The normalized spacial score (nSPS) is 10.9. The van der Waals surface area contributed by atoms with Crippen molar-refractivity contribution in [1.29, 1.82) is 0 Å². The molecule has 0 aliphatic heterocycles. The van der Waals surface area contributed by atoms with Crippen molar-refractivity contribution in [3.8, 4) is 5.75 Å². The van der Waals surface area contributed by atoms with E-state index in [4.69, 9.17) is 4.74 Å². The molecule has 0 amide bonds. The highest BCUT2D eigenvalue weighted by Gasteiger charge is 2.09. The number of hydrogen-bond donors (Lipinski definition) is 0. The number of aromatic nitrogens is 4. The zero-order valence-corrected chi connectivity index (χ0v) is 11.5. The second-order valence-electron chi connectivity index (χ2n) is 4.14. The van der Waals surface area contributed by atoms with E-state index in [0.717, 1.165) is 16.7 Å². The maximum absolute atomic E-state index is 5.20. The van der Waals surface area contributed by atoms with Gasteiger partial charge in [-0.2, -0.15) is 0 Å². The van der Waals surface area contributed by atoms with Gasteiger partial charge in [-0.15, -0.1) is 5.10 Å². The quantitative estimate of drug-likeness (QED) is 0.777. The largest absolute Gasteiger partial charge is 0.497 e. The summed E-state index contributed by atoms with van der Waals surface area (Å²) in [5.74, 6) is 1.70. The molecule has 0 N–H and O–H groups in total. The van der Waals surface area contributed by atoms with Crippen molar-refractivity contribution in [2.24, 2.45) is 0 Å². The van der Waals surface area contributed by atoms with E-state index in [1.165, 1.54) is 5.56 Å². The van der Waals surface area contributed by atoms with Crippen molar-refractivity contribution in [2.45, 2.75) is 30.8 Å². The SMILES string of the molecule is COc1cccc(CSc2nnnn2C(C)C)c1. The van der Waals surface area contributed by atoms with Crippen molar-refractivity contribution < 1.29 is 4.74 Å². The first-order chi connectivity index (χ1) is 8.70. The zero-order chi connectivity index (χ0) is 13.0. The first kappa shape index (κ1) is 12.9. The summed E-state index contributed by atoms with van der Waals surface area (Å²) in [7, 11) is 1.67. The number of ether oxygens (including phenoxy) is 1. The van der Waals surface area contributed by atoms with E-state index >= 15 is 0 Å². The summed E-state index contributed by atoms with van der Waals surface area (Å²) in [5.41, 5.74) is 1.19. The minimum atomic E-state index is 0.271. The van der Waals surface area contributed by atoms with Gasteiger partial charge in [-0.05, 0) is 42.0 Å².